The van der Waals surface area contributed by atoms with Crippen LogP contribution in [0, 0.1) is 11.6 Å². The van der Waals surface area contributed by atoms with Gasteiger partial charge in [0.25, 0.3) is 5.91 Å². The number of nitrogens with one attached hydrogen (secondary N) is 1. The summed E-state index contributed by atoms with van der Waals surface area (Å²) in [6, 6.07) is 17.2. The Balaban J connectivity index is 1.55. The summed E-state index contributed by atoms with van der Waals surface area (Å²) in [5.41, 5.74) is 3.54. The fourth-order valence-electron chi connectivity index (χ4n) is 3.95. The fraction of sp³-hybridized carbons (Fsp3) is 0.192. The lowest BCUT2D eigenvalue weighted by Gasteiger charge is -2.32. The molecule has 1 fully saturated rings. The highest BCUT2D eigenvalue weighted by Gasteiger charge is 2.21. The van der Waals surface area contributed by atoms with Gasteiger partial charge in [0.1, 0.15) is 17.3 Å². The Bertz CT molecular complexity index is 1330. The number of benzene rings is 3. The van der Waals surface area contributed by atoms with E-state index in [0.29, 0.717) is 52.4 Å². The maximum atomic E-state index is 13.5. The molecule has 5 rings (SSSR count). The molecule has 3 aromatic carbocycles. The minimum atomic E-state index is -0.349. The van der Waals surface area contributed by atoms with Crippen molar-refractivity contribution < 1.29 is 13.6 Å². The van der Waals surface area contributed by atoms with Gasteiger partial charge in [0, 0.05) is 43.0 Å². The number of hydrogen-bond acceptors (Lipinski definition) is 5. The van der Waals surface area contributed by atoms with Crippen molar-refractivity contribution in [2.24, 2.45) is 0 Å². The maximum Gasteiger partial charge on any atom is 0.254 e. The Kier molecular flexibility index (Phi) is 5.90. The standard InChI is InChI=1S/C26H23F2N5O/c1-32-12-14-33(15-13-32)26(34)18-4-11-22-23(16-18)31-25(29-21-9-7-20(28)8-10-21)24(30-22)17-2-5-19(27)6-3-17/h2-11,16H,12-15H2,1H3,(H,29,31). The lowest BCUT2D eigenvalue weighted by molar-refractivity contribution is 0.0664. The topological polar surface area (TPSA) is 61.4 Å². The van der Waals surface area contributed by atoms with Crippen LogP contribution in [0.1, 0.15) is 10.4 Å². The fourth-order valence-corrected chi connectivity index (χ4v) is 3.95. The molecule has 2 heterocycles. The molecule has 0 aliphatic carbocycles. The second-order valence-electron chi connectivity index (χ2n) is 8.36. The zero-order chi connectivity index (χ0) is 23.7. The first kappa shape index (κ1) is 21.9. The van der Waals surface area contributed by atoms with Crippen molar-refractivity contribution in [1.82, 2.24) is 19.8 Å². The van der Waals surface area contributed by atoms with Gasteiger partial charge in [-0.3, -0.25) is 4.79 Å². The first-order valence-corrected chi connectivity index (χ1v) is 11.0. The summed E-state index contributed by atoms with van der Waals surface area (Å²) in [6.07, 6.45) is 0. The molecular formula is C26H23F2N5O. The van der Waals surface area contributed by atoms with Crippen LogP contribution in [0.2, 0.25) is 0 Å². The smallest absolute Gasteiger partial charge is 0.254 e. The molecule has 1 aliphatic rings. The number of likely N-dealkylation sites (N-methyl/N-ethyl adjacent to an activating group) is 1. The zero-order valence-corrected chi connectivity index (χ0v) is 18.6. The predicted octanol–water partition coefficient (Wildman–Crippen LogP) is 4.71. The molecule has 0 bridgehead atoms. The van der Waals surface area contributed by atoms with Crippen molar-refractivity contribution in [2.45, 2.75) is 0 Å². The number of amides is 1. The van der Waals surface area contributed by atoms with E-state index in [2.05, 4.69) is 10.2 Å². The molecular weight excluding hydrogens is 436 g/mol. The van der Waals surface area contributed by atoms with Crippen LogP contribution >= 0.6 is 0 Å². The van der Waals surface area contributed by atoms with Gasteiger partial charge < -0.3 is 15.1 Å². The number of rotatable bonds is 4. The number of piperazine rings is 1. The molecule has 6 nitrogen and oxygen atoms in total. The van der Waals surface area contributed by atoms with Crippen molar-refractivity contribution in [3.8, 4) is 11.3 Å². The highest BCUT2D eigenvalue weighted by atomic mass is 19.1. The summed E-state index contributed by atoms with van der Waals surface area (Å²) in [5.74, 6) is -0.305. The summed E-state index contributed by atoms with van der Waals surface area (Å²) in [5, 5.41) is 3.19. The molecule has 0 saturated carbocycles. The molecule has 0 atom stereocenters. The summed E-state index contributed by atoms with van der Waals surface area (Å²) in [7, 11) is 2.04. The van der Waals surface area contributed by atoms with E-state index < -0.39 is 0 Å². The average molecular weight is 460 g/mol. The number of carbonyl (C=O) groups excluding carboxylic acids is 1. The molecule has 4 aromatic rings. The zero-order valence-electron chi connectivity index (χ0n) is 18.6. The van der Waals surface area contributed by atoms with Gasteiger partial charge >= 0.3 is 0 Å². The summed E-state index contributed by atoms with van der Waals surface area (Å²) in [6.45, 7) is 3.04. The Labute approximate surface area is 195 Å². The number of aromatic nitrogens is 2. The third-order valence-corrected chi connectivity index (χ3v) is 5.93. The second kappa shape index (κ2) is 9.15. The van der Waals surface area contributed by atoms with Crippen LogP contribution in [0.25, 0.3) is 22.3 Å². The van der Waals surface area contributed by atoms with E-state index in [0.717, 1.165) is 13.1 Å². The van der Waals surface area contributed by atoms with E-state index in [1.54, 1.807) is 42.5 Å². The number of carbonyl (C=O) groups is 1. The molecule has 34 heavy (non-hydrogen) atoms. The summed E-state index contributed by atoms with van der Waals surface area (Å²) in [4.78, 5) is 26.6. The predicted molar refractivity (Wildman–Crippen MR) is 128 cm³/mol. The highest BCUT2D eigenvalue weighted by Crippen LogP contribution is 2.30. The average Bonchev–Trinajstić information content (AvgIpc) is 2.85. The van der Waals surface area contributed by atoms with Crippen LogP contribution in [-0.2, 0) is 0 Å². The van der Waals surface area contributed by atoms with Gasteiger partial charge in [-0.25, -0.2) is 18.7 Å². The van der Waals surface area contributed by atoms with Crippen molar-refractivity contribution in [2.75, 3.05) is 38.5 Å². The molecule has 1 saturated heterocycles. The number of hydrogen-bond donors (Lipinski definition) is 1. The summed E-state index contributed by atoms with van der Waals surface area (Å²) >= 11 is 0. The SMILES string of the molecule is CN1CCN(C(=O)c2ccc3nc(-c4ccc(F)cc4)c(Nc4ccc(F)cc4)nc3c2)CC1. The van der Waals surface area contributed by atoms with Gasteiger partial charge in [0.2, 0.25) is 0 Å². The van der Waals surface area contributed by atoms with Gasteiger partial charge in [0.05, 0.1) is 11.0 Å². The van der Waals surface area contributed by atoms with E-state index in [-0.39, 0.29) is 17.5 Å². The Morgan fingerprint density at radius 3 is 2.15 bits per heavy atom. The van der Waals surface area contributed by atoms with Crippen LogP contribution in [-0.4, -0.2) is 58.9 Å². The van der Waals surface area contributed by atoms with Crippen LogP contribution in [0.3, 0.4) is 0 Å². The second-order valence-corrected chi connectivity index (χ2v) is 8.36. The Morgan fingerprint density at radius 2 is 1.47 bits per heavy atom. The van der Waals surface area contributed by atoms with Crippen molar-refractivity contribution in [1.29, 1.82) is 0 Å². The Hall–Kier alpha value is -3.91. The van der Waals surface area contributed by atoms with Gasteiger partial charge in [0.15, 0.2) is 5.82 Å². The van der Waals surface area contributed by atoms with E-state index in [1.165, 1.54) is 24.3 Å². The number of nitrogens with zero attached hydrogens (tertiary/aromatic N) is 4. The summed E-state index contributed by atoms with van der Waals surface area (Å²) < 4.78 is 26.9. The lowest BCUT2D eigenvalue weighted by atomic mass is 10.1. The number of anilines is 2. The third kappa shape index (κ3) is 4.58. The molecule has 0 unspecified atom stereocenters. The van der Waals surface area contributed by atoms with Crippen molar-refractivity contribution in [3.05, 3.63) is 83.9 Å². The quantitative estimate of drug-likeness (QED) is 0.479. The molecule has 172 valence electrons. The number of halogens is 2. The normalized spacial score (nSPS) is 14.4. The van der Waals surface area contributed by atoms with Crippen molar-refractivity contribution in [3.63, 3.8) is 0 Å². The molecule has 8 heteroatoms. The van der Waals surface area contributed by atoms with Gasteiger partial charge in [-0.05, 0) is 73.8 Å². The third-order valence-electron chi connectivity index (χ3n) is 5.93. The molecule has 0 radical (unpaired) electrons. The monoisotopic (exact) mass is 459 g/mol. The molecule has 1 amide bonds. The van der Waals surface area contributed by atoms with E-state index in [4.69, 9.17) is 9.97 Å². The van der Waals surface area contributed by atoms with Crippen LogP contribution in [0.5, 0.6) is 0 Å². The van der Waals surface area contributed by atoms with Crippen LogP contribution in [0.4, 0.5) is 20.3 Å². The minimum absolute atomic E-state index is 0.0348. The van der Waals surface area contributed by atoms with E-state index in [9.17, 15) is 13.6 Å². The van der Waals surface area contributed by atoms with Crippen LogP contribution < -0.4 is 5.32 Å². The van der Waals surface area contributed by atoms with E-state index in [1.807, 2.05) is 11.9 Å². The number of fused-ring (bicyclic) bond motifs is 1. The van der Waals surface area contributed by atoms with Gasteiger partial charge in [-0.1, -0.05) is 0 Å². The molecule has 1 aliphatic heterocycles. The lowest BCUT2D eigenvalue weighted by Crippen LogP contribution is -2.47. The van der Waals surface area contributed by atoms with Crippen molar-refractivity contribution >= 4 is 28.4 Å². The first-order chi connectivity index (χ1) is 16.5. The largest absolute Gasteiger partial charge is 0.338 e. The Morgan fingerprint density at radius 1 is 0.824 bits per heavy atom. The van der Waals surface area contributed by atoms with Gasteiger partial charge in [-0.15, -0.1) is 0 Å². The van der Waals surface area contributed by atoms with Crippen LogP contribution in [0.15, 0.2) is 66.7 Å². The van der Waals surface area contributed by atoms with Gasteiger partial charge in [-0.2, -0.15) is 0 Å². The molecule has 1 aromatic heterocycles. The van der Waals surface area contributed by atoms with E-state index >= 15 is 0 Å². The highest BCUT2D eigenvalue weighted by molar-refractivity contribution is 5.98. The maximum absolute atomic E-state index is 13.5. The molecule has 0 spiro atoms. The molecule has 1 N–H and O–H groups in total. The minimum Gasteiger partial charge on any atom is -0.338 e. The first-order valence-electron chi connectivity index (χ1n) is 11.0.